The molecule has 0 fully saturated rings. The molecule has 1 heterocycles. The molecule has 3 heteroatoms. The highest BCUT2D eigenvalue weighted by atomic mass is 35.5. The standard InChI is InChI=1S/C18H18ClNO/c1-12-8-15-16(11-21)18(19)20(17(15)9-13(12)2)10-14-6-4-3-5-7-14/h3-9,21H,10-11H2,1-2H3. The van der Waals surface area contributed by atoms with Crippen LogP contribution in [0, 0.1) is 13.8 Å². The second-order valence-corrected chi connectivity index (χ2v) is 5.81. The van der Waals surface area contributed by atoms with Crippen LogP contribution in [0.1, 0.15) is 22.3 Å². The Hall–Kier alpha value is -1.77. The number of hydrogen-bond acceptors (Lipinski definition) is 1. The van der Waals surface area contributed by atoms with Crippen LogP contribution in [0.5, 0.6) is 0 Å². The number of aliphatic hydroxyl groups excluding tert-OH is 1. The first-order chi connectivity index (χ1) is 10.1. The van der Waals surface area contributed by atoms with Crippen LogP contribution in [0.4, 0.5) is 0 Å². The number of halogens is 1. The van der Waals surface area contributed by atoms with Gasteiger partial charge in [-0.2, -0.15) is 0 Å². The van der Waals surface area contributed by atoms with Crippen LogP contribution >= 0.6 is 11.6 Å². The maximum absolute atomic E-state index is 9.66. The number of fused-ring (bicyclic) bond motifs is 1. The van der Waals surface area contributed by atoms with E-state index in [2.05, 4.69) is 42.7 Å². The Balaban J connectivity index is 2.22. The second-order valence-electron chi connectivity index (χ2n) is 5.45. The van der Waals surface area contributed by atoms with E-state index in [0.717, 1.165) is 16.5 Å². The largest absolute Gasteiger partial charge is 0.392 e. The highest BCUT2D eigenvalue weighted by Crippen LogP contribution is 2.32. The summed E-state index contributed by atoms with van der Waals surface area (Å²) in [4.78, 5) is 0. The fourth-order valence-electron chi connectivity index (χ4n) is 2.72. The lowest BCUT2D eigenvalue weighted by molar-refractivity contribution is 0.283. The highest BCUT2D eigenvalue weighted by molar-refractivity contribution is 6.32. The van der Waals surface area contributed by atoms with E-state index in [1.165, 1.54) is 16.7 Å². The van der Waals surface area contributed by atoms with E-state index < -0.39 is 0 Å². The number of benzene rings is 2. The van der Waals surface area contributed by atoms with Gasteiger partial charge in [0.15, 0.2) is 0 Å². The third-order valence-corrected chi connectivity index (χ3v) is 4.49. The van der Waals surface area contributed by atoms with Crippen molar-refractivity contribution >= 4 is 22.5 Å². The van der Waals surface area contributed by atoms with Crippen LogP contribution in [0.15, 0.2) is 42.5 Å². The average Bonchev–Trinajstić information content (AvgIpc) is 2.73. The van der Waals surface area contributed by atoms with Crippen LogP contribution in [-0.4, -0.2) is 9.67 Å². The van der Waals surface area contributed by atoms with Gasteiger partial charge in [0.1, 0.15) is 5.15 Å². The minimum absolute atomic E-state index is 0.0420. The first-order valence-corrected chi connectivity index (χ1v) is 7.42. The van der Waals surface area contributed by atoms with E-state index >= 15 is 0 Å². The fourth-order valence-corrected chi connectivity index (χ4v) is 3.03. The summed E-state index contributed by atoms with van der Waals surface area (Å²) in [6.07, 6.45) is 0. The first kappa shape index (κ1) is 14.2. The molecule has 0 bridgehead atoms. The maximum Gasteiger partial charge on any atom is 0.115 e. The van der Waals surface area contributed by atoms with E-state index in [0.29, 0.717) is 11.7 Å². The van der Waals surface area contributed by atoms with Crippen molar-refractivity contribution in [3.8, 4) is 0 Å². The van der Waals surface area contributed by atoms with Gasteiger partial charge in [-0.1, -0.05) is 41.9 Å². The molecular formula is C18H18ClNO. The molecule has 108 valence electrons. The summed E-state index contributed by atoms with van der Waals surface area (Å²) in [7, 11) is 0. The Morgan fingerprint density at radius 1 is 1.05 bits per heavy atom. The van der Waals surface area contributed by atoms with Crippen molar-refractivity contribution in [2.24, 2.45) is 0 Å². The van der Waals surface area contributed by atoms with Gasteiger partial charge in [-0.3, -0.25) is 0 Å². The summed E-state index contributed by atoms with van der Waals surface area (Å²) in [5, 5.41) is 11.3. The Bertz CT molecular complexity index is 790. The molecule has 3 rings (SSSR count). The zero-order chi connectivity index (χ0) is 15.0. The van der Waals surface area contributed by atoms with Crippen molar-refractivity contribution in [3.63, 3.8) is 0 Å². The number of rotatable bonds is 3. The number of aliphatic hydroxyl groups is 1. The third kappa shape index (κ3) is 2.45. The van der Waals surface area contributed by atoms with E-state index in [1.54, 1.807) is 0 Å². The molecule has 1 aromatic heterocycles. The van der Waals surface area contributed by atoms with Crippen LogP contribution in [0.2, 0.25) is 5.15 Å². The number of hydrogen-bond donors (Lipinski definition) is 1. The van der Waals surface area contributed by atoms with Gasteiger partial charge in [-0.05, 0) is 42.7 Å². The van der Waals surface area contributed by atoms with Crippen molar-refractivity contribution in [1.29, 1.82) is 0 Å². The minimum atomic E-state index is -0.0420. The molecule has 0 aliphatic heterocycles. The van der Waals surface area contributed by atoms with Gasteiger partial charge in [-0.15, -0.1) is 0 Å². The SMILES string of the molecule is Cc1cc2c(CO)c(Cl)n(Cc3ccccc3)c2cc1C. The zero-order valence-electron chi connectivity index (χ0n) is 12.2. The molecule has 0 saturated carbocycles. The summed E-state index contributed by atoms with van der Waals surface area (Å²) < 4.78 is 2.07. The van der Waals surface area contributed by atoms with Crippen LogP contribution in [-0.2, 0) is 13.2 Å². The van der Waals surface area contributed by atoms with Gasteiger partial charge in [-0.25, -0.2) is 0 Å². The molecule has 2 aromatic carbocycles. The molecular weight excluding hydrogens is 282 g/mol. The normalized spacial score (nSPS) is 11.2. The summed E-state index contributed by atoms with van der Waals surface area (Å²) >= 11 is 6.51. The topological polar surface area (TPSA) is 25.2 Å². The van der Waals surface area contributed by atoms with Crippen molar-refractivity contribution in [2.45, 2.75) is 27.0 Å². The van der Waals surface area contributed by atoms with Gasteiger partial charge in [0.05, 0.1) is 12.1 Å². The van der Waals surface area contributed by atoms with Gasteiger partial charge < -0.3 is 9.67 Å². The fraction of sp³-hybridized carbons (Fsp3) is 0.222. The Morgan fingerprint density at radius 2 is 1.71 bits per heavy atom. The van der Waals surface area contributed by atoms with E-state index in [4.69, 9.17) is 11.6 Å². The van der Waals surface area contributed by atoms with Gasteiger partial charge in [0.25, 0.3) is 0 Å². The molecule has 0 aliphatic rings. The summed E-state index contributed by atoms with van der Waals surface area (Å²) in [6, 6.07) is 14.5. The minimum Gasteiger partial charge on any atom is -0.392 e. The molecule has 0 atom stereocenters. The molecule has 0 spiro atoms. The zero-order valence-corrected chi connectivity index (χ0v) is 13.0. The Kier molecular flexibility index (Phi) is 3.75. The number of nitrogens with zero attached hydrogens (tertiary/aromatic N) is 1. The molecule has 3 aromatic rings. The molecule has 2 nitrogen and oxygen atoms in total. The number of aryl methyl sites for hydroxylation is 2. The quantitative estimate of drug-likeness (QED) is 0.759. The van der Waals surface area contributed by atoms with Crippen LogP contribution in [0.3, 0.4) is 0 Å². The van der Waals surface area contributed by atoms with E-state index in [-0.39, 0.29) is 6.61 Å². The lowest BCUT2D eigenvalue weighted by Gasteiger charge is -2.08. The smallest absolute Gasteiger partial charge is 0.115 e. The van der Waals surface area contributed by atoms with Crippen LogP contribution < -0.4 is 0 Å². The Morgan fingerprint density at radius 3 is 2.38 bits per heavy atom. The molecule has 0 aliphatic carbocycles. The Labute approximate surface area is 129 Å². The van der Waals surface area contributed by atoms with Crippen molar-refractivity contribution in [2.75, 3.05) is 0 Å². The first-order valence-electron chi connectivity index (χ1n) is 7.04. The van der Waals surface area contributed by atoms with E-state index in [9.17, 15) is 5.11 Å². The van der Waals surface area contributed by atoms with Crippen molar-refractivity contribution in [3.05, 3.63) is 69.9 Å². The molecule has 0 unspecified atom stereocenters. The average molecular weight is 300 g/mol. The summed E-state index contributed by atoms with van der Waals surface area (Å²) in [5.74, 6) is 0. The van der Waals surface area contributed by atoms with Gasteiger partial charge in [0.2, 0.25) is 0 Å². The molecule has 21 heavy (non-hydrogen) atoms. The second kappa shape index (κ2) is 5.55. The highest BCUT2D eigenvalue weighted by Gasteiger charge is 2.16. The predicted octanol–water partition coefficient (Wildman–Crippen LogP) is 4.45. The molecule has 0 radical (unpaired) electrons. The van der Waals surface area contributed by atoms with E-state index in [1.807, 2.05) is 18.2 Å². The van der Waals surface area contributed by atoms with Crippen molar-refractivity contribution < 1.29 is 5.11 Å². The summed E-state index contributed by atoms with van der Waals surface area (Å²) in [5.41, 5.74) is 5.53. The molecule has 0 saturated heterocycles. The monoisotopic (exact) mass is 299 g/mol. The lowest BCUT2D eigenvalue weighted by atomic mass is 10.1. The maximum atomic E-state index is 9.66. The molecule has 0 amide bonds. The summed E-state index contributed by atoms with van der Waals surface area (Å²) in [6.45, 7) is 4.85. The molecule has 1 N–H and O–H groups in total. The van der Waals surface area contributed by atoms with Gasteiger partial charge in [0, 0.05) is 17.5 Å². The van der Waals surface area contributed by atoms with Crippen molar-refractivity contribution in [1.82, 2.24) is 4.57 Å². The third-order valence-electron chi connectivity index (χ3n) is 4.06. The number of aromatic nitrogens is 1. The van der Waals surface area contributed by atoms with Crippen LogP contribution in [0.25, 0.3) is 10.9 Å². The predicted molar refractivity (Wildman–Crippen MR) is 87.9 cm³/mol. The van der Waals surface area contributed by atoms with Gasteiger partial charge >= 0.3 is 0 Å². The lowest BCUT2D eigenvalue weighted by Crippen LogP contribution is -2.00.